The third kappa shape index (κ3) is 3.43. The number of rotatable bonds is 2. The lowest BCUT2D eigenvalue weighted by molar-refractivity contribution is 0.674. The van der Waals surface area contributed by atoms with E-state index < -0.39 is 0 Å². The van der Waals surface area contributed by atoms with Crippen LogP contribution in [0.15, 0.2) is 10.2 Å². The van der Waals surface area contributed by atoms with Gasteiger partial charge in [-0.3, -0.25) is 0 Å². The van der Waals surface area contributed by atoms with E-state index in [1.807, 2.05) is 6.92 Å². The molecule has 0 rings (SSSR count). The number of azo groups is 1. The molecule has 0 aliphatic rings. The van der Waals surface area contributed by atoms with Crippen LogP contribution in [0.1, 0.15) is 20.3 Å². The van der Waals surface area contributed by atoms with Crippen molar-refractivity contribution in [3.8, 4) is 0 Å². The van der Waals surface area contributed by atoms with Gasteiger partial charge in [-0.1, -0.05) is 6.92 Å². The Hall–Kier alpha value is -0.400. The van der Waals surface area contributed by atoms with Gasteiger partial charge >= 0.3 is 0 Å². The first-order chi connectivity index (χ1) is 3.31. The summed E-state index contributed by atoms with van der Waals surface area (Å²) in [6.07, 6.45) is 1.08. The molecular formula is C5H12N2. The summed E-state index contributed by atoms with van der Waals surface area (Å²) >= 11 is 0. The van der Waals surface area contributed by atoms with Crippen molar-refractivity contribution in [1.82, 2.24) is 0 Å². The fraction of sp³-hybridized carbons (Fsp3) is 1.00. The van der Waals surface area contributed by atoms with Crippen molar-refractivity contribution in [3.63, 3.8) is 0 Å². The van der Waals surface area contributed by atoms with Gasteiger partial charge in [0.15, 0.2) is 0 Å². The molecule has 0 saturated heterocycles. The van der Waals surface area contributed by atoms with Crippen molar-refractivity contribution in [2.24, 2.45) is 10.2 Å². The van der Waals surface area contributed by atoms with Gasteiger partial charge in [0.05, 0.1) is 6.04 Å². The lowest BCUT2D eigenvalue weighted by Gasteiger charge is -1.94. The first kappa shape index (κ1) is 6.60. The number of hydrogen-bond acceptors (Lipinski definition) is 2. The van der Waals surface area contributed by atoms with E-state index in [0.29, 0.717) is 6.04 Å². The second kappa shape index (κ2) is 3.78. The van der Waals surface area contributed by atoms with Crippen LogP contribution in [0.5, 0.6) is 0 Å². The first-order valence-corrected chi connectivity index (χ1v) is 2.60. The molecule has 2 nitrogen and oxygen atoms in total. The van der Waals surface area contributed by atoms with Crippen LogP contribution in [0, 0.1) is 0 Å². The molecule has 0 aliphatic heterocycles. The van der Waals surface area contributed by atoms with E-state index in [1.165, 1.54) is 0 Å². The molecule has 0 spiro atoms. The van der Waals surface area contributed by atoms with Crippen LogP contribution >= 0.6 is 0 Å². The highest BCUT2D eigenvalue weighted by molar-refractivity contribution is 4.49. The maximum absolute atomic E-state index is 3.87. The molecule has 0 aromatic rings. The molecule has 42 valence electrons. The largest absolute Gasteiger partial charge is 0.197 e. The van der Waals surface area contributed by atoms with Gasteiger partial charge in [0.1, 0.15) is 0 Å². The Morgan fingerprint density at radius 2 is 2.14 bits per heavy atom. The summed E-state index contributed by atoms with van der Waals surface area (Å²) in [7, 11) is 1.70. The molecule has 0 N–H and O–H groups in total. The maximum atomic E-state index is 3.87. The van der Waals surface area contributed by atoms with Crippen molar-refractivity contribution in [3.05, 3.63) is 0 Å². The Balaban J connectivity index is 3.16. The smallest absolute Gasteiger partial charge is 0.0677 e. The molecule has 0 aliphatic carbocycles. The van der Waals surface area contributed by atoms with Crippen molar-refractivity contribution in [2.75, 3.05) is 7.05 Å². The predicted molar refractivity (Wildman–Crippen MR) is 30.5 cm³/mol. The minimum absolute atomic E-state index is 0.407. The van der Waals surface area contributed by atoms with Gasteiger partial charge in [0.2, 0.25) is 0 Å². The normalized spacial score (nSPS) is 15.3. The molecule has 2 heteroatoms. The van der Waals surface area contributed by atoms with Crippen LogP contribution in [0.25, 0.3) is 0 Å². The van der Waals surface area contributed by atoms with Crippen LogP contribution in [0.2, 0.25) is 0 Å². The van der Waals surface area contributed by atoms with Crippen LogP contribution in [-0.4, -0.2) is 13.1 Å². The van der Waals surface area contributed by atoms with Gasteiger partial charge in [-0.2, -0.15) is 10.2 Å². The molecule has 0 bridgehead atoms. The highest BCUT2D eigenvalue weighted by Gasteiger charge is 1.88. The predicted octanol–water partition coefficient (Wildman–Crippen LogP) is 1.87. The van der Waals surface area contributed by atoms with E-state index in [0.717, 1.165) is 6.42 Å². The minimum Gasteiger partial charge on any atom is -0.197 e. The van der Waals surface area contributed by atoms with Crippen molar-refractivity contribution in [1.29, 1.82) is 0 Å². The molecule has 0 saturated carbocycles. The molecule has 0 radical (unpaired) electrons. The van der Waals surface area contributed by atoms with Gasteiger partial charge in [-0.25, -0.2) is 0 Å². The second-order valence-corrected chi connectivity index (χ2v) is 1.57. The average Bonchev–Trinajstić information content (AvgIpc) is 1.68. The van der Waals surface area contributed by atoms with Crippen molar-refractivity contribution in [2.45, 2.75) is 26.3 Å². The standard InChI is InChI=1S/C5H12N2/c1-4-5(2)7-6-3/h5H,4H2,1-3H3/b7-6-/t5-/m0/s1. The molecule has 0 fully saturated rings. The highest BCUT2D eigenvalue weighted by atomic mass is 15.1. The molecule has 0 amide bonds. The summed E-state index contributed by atoms with van der Waals surface area (Å²) in [4.78, 5) is 0. The molecular weight excluding hydrogens is 88.1 g/mol. The van der Waals surface area contributed by atoms with Gasteiger partial charge < -0.3 is 0 Å². The average molecular weight is 100 g/mol. The third-order valence-corrected chi connectivity index (χ3v) is 0.903. The molecule has 7 heavy (non-hydrogen) atoms. The van der Waals surface area contributed by atoms with E-state index in [9.17, 15) is 0 Å². The van der Waals surface area contributed by atoms with Gasteiger partial charge in [-0.15, -0.1) is 0 Å². The summed E-state index contributed by atoms with van der Waals surface area (Å²) < 4.78 is 0. The summed E-state index contributed by atoms with van der Waals surface area (Å²) in [5, 5.41) is 7.50. The lowest BCUT2D eigenvalue weighted by Crippen LogP contribution is -1.90. The SMILES string of the molecule is CC[C@H](C)/N=N\C. The number of nitrogens with zero attached hydrogens (tertiary/aromatic N) is 2. The molecule has 0 heterocycles. The summed E-state index contributed by atoms with van der Waals surface area (Å²) in [6, 6.07) is 0.407. The van der Waals surface area contributed by atoms with E-state index in [4.69, 9.17) is 0 Å². The zero-order valence-corrected chi connectivity index (χ0v) is 5.18. The topological polar surface area (TPSA) is 24.7 Å². The summed E-state index contributed by atoms with van der Waals surface area (Å²) in [6.45, 7) is 4.15. The molecule has 0 unspecified atom stereocenters. The second-order valence-electron chi connectivity index (χ2n) is 1.57. The first-order valence-electron chi connectivity index (χ1n) is 2.60. The third-order valence-electron chi connectivity index (χ3n) is 0.903. The zero-order valence-electron chi connectivity index (χ0n) is 5.18. The zero-order chi connectivity index (χ0) is 5.70. The quantitative estimate of drug-likeness (QED) is 0.473. The van der Waals surface area contributed by atoms with Crippen LogP contribution in [-0.2, 0) is 0 Å². The van der Waals surface area contributed by atoms with Gasteiger partial charge in [0.25, 0.3) is 0 Å². The van der Waals surface area contributed by atoms with Crippen LogP contribution in [0.3, 0.4) is 0 Å². The Morgan fingerprint density at radius 3 is 2.29 bits per heavy atom. The minimum atomic E-state index is 0.407. The summed E-state index contributed by atoms with van der Waals surface area (Å²) in [5.74, 6) is 0. The molecule has 0 aromatic heterocycles. The Labute approximate surface area is 44.6 Å². The fourth-order valence-electron chi connectivity index (χ4n) is 0.279. The monoisotopic (exact) mass is 100 g/mol. The van der Waals surface area contributed by atoms with Gasteiger partial charge in [-0.05, 0) is 13.3 Å². The molecule has 0 aromatic carbocycles. The highest BCUT2D eigenvalue weighted by Crippen LogP contribution is 1.93. The Bertz CT molecular complexity index is 59.1. The van der Waals surface area contributed by atoms with Crippen molar-refractivity contribution >= 4 is 0 Å². The number of hydrogen-bond donors (Lipinski definition) is 0. The van der Waals surface area contributed by atoms with Crippen molar-refractivity contribution < 1.29 is 0 Å². The maximum Gasteiger partial charge on any atom is 0.0677 e. The van der Waals surface area contributed by atoms with Crippen LogP contribution in [0.4, 0.5) is 0 Å². The van der Waals surface area contributed by atoms with E-state index >= 15 is 0 Å². The summed E-state index contributed by atoms with van der Waals surface area (Å²) in [5.41, 5.74) is 0. The van der Waals surface area contributed by atoms with Gasteiger partial charge in [0, 0.05) is 7.05 Å². The van der Waals surface area contributed by atoms with Crippen LogP contribution < -0.4 is 0 Å². The Kier molecular flexibility index (Phi) is 3.56. The fourth-order valence-corrected chi connectivity index (χ4v) is 0.279. The molecule has 1 atom stereocenters. The Morgan fingerprint density at radius 1 is 1.57 bits per heavy atom. The van der Waals surface area contributed by atoms with E-state index in [1.54, 1.807) is 7.05 Å². The van der Waals surface area contributed by atoms with E-state index in [-0.39, 0.29) is 0 Å². The van der Waals surface area contributed by atoms with E-state index in [2.05, 4.69) is 17.2 Å². The lowest BCUT2D eigenvalue weighted by atomic mass is 10.3.